The number of carbonyl (C=O) groups is 1. The zero-order valence-electron chi connectivity index (χ0n) is 11.5. The van der Waals surface area contributed by atoms with Crippen LogP contribution in [-0.4, -0.2) is 17.7 Å². The second-order valence-electron chi connectivity index (χ2n) is 3.89. The highest BCUT2D eigenvalue weighted by molar-refractivity contribution is 5.83. The van der Waals surface area contributed by atoms with Crippen LogP contribution in [0.2, 0.25) is 0 Å². The molecule has 0 fully saturated rings. The Kier molecular flexibility index (Phi) is 6.62. The zero-order valence-corrected chi connectivity index (χ0v) is 11.5. The van der Waals surface area contributed by atoms with Crippen LogP contribution >= 0.6 is 0 Å². The van der Waals surface area contributed by atoms with Gasteiger partial charge < -0.3 is 9.84 Å². The van der Waals surface area contributed by atoms with Gasteiger partial charge in [0, 0.05) is 0 Å². The van der Waals surface area contributed by atoms with Crippen molar-refractivity contribution in [3.05, 3.63) is 73.0 Å². The third-order valence-electron chi connectivity index (χ3n) is 2.44. The number of ether oxygens (including phenoxy) is 1. The van der Waals surface area contributed by atoms with Crippen molar-refractivity contribution >= 4 is 5.97 Å². The van der Waals surface area contributed by atoms with Gasteiger partial charge in [-0.25, -0.2) is 4.79 Å². The zero-order chi connectivity index (χ0) is 14.8. The largest absolute Gasteiger partial charge is 0.487 e. The van der Waals surface area contributed by atoms with Crippen LogP contribution in [0.15, 0.2) is 73.0 Å². The number of aliphatic carboxylic acids is 1. The van der Waals surface area contributed by atoms with E-state index in [1.54, 1.807) is 6.92 Å². The van der Waals surface area contributed by atoms with Gasteiger partial charge in [0.05, 0.1) is 6.61 Å². The molecule has 0 radical (unpaired) electrons. The molecule has 0 aromatic heterocycles. The van der Waals surface area contributed by atoms with Gasteiger partial charge in [-0.15, -0.1) is 0 Å². The lowest BCUT2D eigenvalue weighted by molar-refractivity contribution is -0.136. The summed E-state index contributed by atoms with van der Waals surface area (Å²) in [6.07, 6.45) is 0. The molecule has 104 valence electrons. The number of hydrogen-bond acceptors (Lipinski definition) is 2. The lowest BCUT2D eigenvalue weighted by Gasteiger charge is -1.98. The van der Waals surface area contributed by atoms with Gasteiger partial charge in [0.1, 0.15) is 0 Å². The molecule has 0 spiro atoms. The van der Waals surface area contributed by atoms with Gasteiger partial charge in [0.25, 0.3) is 0 Å². The molecule has 0 saturated carbocycles. The number of carboxylic acids is 1. The number of hydrogen-bond donors (Lipinski definition) is 1. The number of benzene rings is 2. The van der Waals surface area contributed by atoms with Crippen molar-refractivity contribution in [2.45, 2.75) is 6.92 Å². The summed E-state index contributed by atoms with van der Waals surface area (Å²) >= 11 is 0. The normalized spacial score (nSPS) is 9.05. The molecule has 3 nitrogen and oxygen atoms in total. The molecule has 0 aliphatic rings. The van der Waals surface area contributed by atoms with E-state index in [1.807, 2.05) is 12.1 Å². The molecule has 3 heteroatoms. The van der Waals surface area contributed by atoms with E-state index in [9.17, 15) is 4.79 Å². The van der Waals surface area contributed by atoms with E-state index < -0.39 is 5.97 Å². The highest BCUT2D eigenvalue weighted by Gasteiger charge is 2.00. The summed E-state index contributed by atoms with van der Waals surface area (Å²) < 4.78 is 4.51. The van der Waals surface area contributed by atoms with Gasteiger partial charge >= 0.3 is 5.97 Å². The molecule has 0 unspecified atom stereocenters. The Morgan fingerprint density at radius 1 is 1.00 bits per heavy atom. The maximum Gasteiger partial charge on any atom is 0.370 e. The summed E-state index contributed by atoms with van der Waals surface area (Å²) in [6.45, 7) is 5.18. The van der Waals surface area contributed by atoms with E-state index in [2.05, 4.69) is 59.8 Å². The highest BCUT2D eigenvalue weighted by Crippen LogP contribution is 2.17. The third kappa shape index (κ3) is 5.40. The average Bonchev–Trinajstić information content (AvgIpc) is 2.50. The fourth-order valence-electron chi connectivity index (χ4n) is 1.50. The summed E-state index contributed by atoms with van der Waals surface area (Å²) in [5.74, 6) is -1.31. The van der Waals surface area contributed by atoms with Gasteiger partial charge in [0.15, 0.2) is 5.76 Å². The summed E-state index contributed by atoms with van der Waals surface area (Å²) in [5, 5.41) is 8.09. The Labute approximate surface area is 119 Å². The summed E-state index contributed by atoms with van der Waals surface area (Å²) in [7, 11) is 0. The first-order valence-electron chi connectivity index (χ1n) is 6.30. The van der Waals surface area contributed by atoms with Crippen LogP contribution in [0.5, 0.6) is 0 Å². The molecule has 2 aromatic rings. The second kappa shape index (κ2) is 8.53. The maximum absolute atomic E-state index is 9.86. The van der Waals surface area contributed by atoms with E-state index in [1.165, 1.54) is 11.1 Å². The van der Waals surface area contributed by atoms with Crippen molar-refractivity contribution < 1.29 is 14.6 Å². The fourth-order valence-corrected chi connectivity index (χ4v) is 1.50. The first-order valence-corrected chi connectivity index (χ1v) is 6.30. The Morgan fingerprint density at radius 3 is 1.65 bits per heavy atom. The van der Waals surface area contributed by atoms with E-state index in [0.717, 1.165) is 0 Å². The smallest absolute Gasteiger partial charge is 0.370 e. The van der Waals surface area contributed by atoms with Crippen LogP contribution in [0.3, 0.4) is 0 Å². The molecular formula is C17H18O3. The van der Waals surface area contributed by atoms with Crippen LogP contribution in [-0.2, 0) is 9.53 Å². The van der Waals surface area contributed by atoms with Crippen molar-refractivity contribution in [3.63, 3.8) is 0 Å². The molecule has 0 saturated heterocycles. The van der Waals surface area contributed by atoms with Crippen LogP contribution in [0.1, 0.15) is 6.92 Å². The molecule has 0 bridgehead atoms. The third-order valence-corrected chi connectivity index (χ3v) is 2.44. The number of rotatable bonds is 4. The van der Waals surface area contributed by atoms with E-state index in [4.69, 9.17) is 5.11 Å². The molecule has 0 amide bonds. The monoisotopic (exact) mass is 270 g/mol. The fraction of sp³-hybridized carbons (Fsp3) is 0.118. The number of carboxylic acid groups (broad SMARTS) is 1. The molecular weight excluding hydrogens is 252 g/mol. The van der Waals surface area contributed by atoms with Gasteiger partial charge in [-0.05, 0) is 24.6 Å². The topological polar surface area (TPSA) is 46.5 Å². The maximum atomic E-state index is 9.86. The summed E-state index contributed by atoms with van der Waals surface area (Å²) in [6, 6.07) is 20.8. The first kappa shape index (κ1) is 15.5. The predicted molar refractivity (Wildman–Crippen MR) is 80.3 cm³/mol. The Bertz CT molecular complexity index is 495. The lowest BCUT2D eigenvalue weighted by Crippen LogP contribution is -2.02. The van der Waals surface area contributed by atoms with Crippen molar-refractivity contribution in [1.29, 1.82) is 0 Å². The average molecular weight is 270 g/mol. The van der Waals surface area contributed by atoms with Crippen molar-refractivity contribution in [3.8, 4) is 11.1 Å². The molecule has 20 heavy (non-hydrogen) atoms. The summed E-state index contributed by atoms with van der Waals surface area (Å²) in [5.41, 5.74) is 2.55. The molecule has 2 rings (SSSR count). The predicted octanol–water partition coefficient (Wildman–Crippen LogP) is 3.97. The second-order valence-corrected chi connectivity index (χ2v) is 3.89. The minimum absolute atomic E-state index is 0.201. The van der Waals surface area contributed by atoms with E-state index in [-0.39, 0.29) is 5.76 Å². The van der Waals surface area contributed by atoms with Gasteiger partial charge in [-0.3, -0.25) is 0 Å². The molecule has 0 aliphatic carbocycles. The highest BCUT2D eigenvalue weighted by atomic mass is 16.5. The van der Waals surface area contributed by atoms with E-state index >= 15 is 0 Å². The van der Waals surface area contributed by atoms with Crippen LogP contribution in [0.25, 0.3) is 11.1 Å². The van der Waals surface area contributed by atoms with Gasteiger partial charge in [0.2, 0.25) is 0 Å². The summed E-state index contributed by atoms with van der Waals surface area (Å²) in [4.78, 5) is 9.86. The quantitative estimate of drug-likeness (QED) is 0.675. The molecule has 2 aromatic carbocycles. The Balaban J connectivity index is 0.000000221. The standard InChI is InChI=1S/C12H10.C5H8O3/c1-3-7-11(8-4-1)12-9-5-2-6-10-12;1-3-8-4(2)5(6)7/h1-10H;2-3H2,1H3,(H,6,7). The molecule has 0 heterocycles. The van der Waals surface area contributed by atoms with Crippen LogP contribution < -0.4 is 0 Å². The first-order chi connectivity index (χ1) is 9.65. The molecule has 0 atom stereocenters. The van der Waals surface area contributed by atoms with E-state index in [0.29, 0.717) is 6.61 Å². The minimum atomic E-state index is -1.10. The van der Waals surface area contributed by atoms with Crippen molar-refractivity contribution in [2.75, 3.05) is 6.61 Å². The van der Waals surface area contributed by atoms with Crippen LogP contribution in [0.4, 0.5) is 0 Å². The Morgan fingerprint density at radius 2 is 1.40 bits per heavy atom. The van der Waals surface area contributed by atoms with Crippen LogP contribution in [0, 0.1) is 0 Å². The lowest BCUT2D eigenvalue weighted by atomic mass is 10.1. The minimum Gasteiger partial charge on any atom is -0.487 e. The van der Waals surface area contributed by atoms with Gasteiger partial charge in [-0.1, -0.05) is 60.7 Å². The molecule has 0 aliphatic heterocycles. The Hall–Kier alpha value is -2.55. The van der Waals surface area contributed by atoms with Gasteiger partial charge in [-0.2, -0.15) is 0 Å². The molecule has 1 N–H and O–H groups in total. The SMILES string of the molecule is C=C(OCC)C(=O)O.c1ccc(-c2ccccc2)cc1. The van der Waals surface area contributed by atoms with Crippen molar-refractivity contribution in [2.24, 2.45) is 0 Å². The van der Waals surface area contributed by atoms with Crippen molar-refractivity contribution in [1.82, 2.24) is 0 Å².